The average Bonchev–Trinajstić information content (AvgIpc) is 3.04. The van der Waals surface area contributed by atoms with Gasteiger partial charge in [0.15, 0.2) is 0 Å². The fourth-order valence-corrected chi connectivity index (χ4v) is 5.63. The van der Waals surface area contributed by atoms with Gasteiger partial charge < -0.3 is 4.90 Å². The van der Waals surface area contributed by atoms with E-state index in [0.717, 1.165) is 30.7 Å². The van der Waals surface area contributed by atoms with Crippen molar-refractivity contribution in [3.8, 4) is 0 Å². The fourth-order valence-electron chi connectivity index (χ4n) is 4.13. The summed E-state index contributed by atoms with van der Waals surface area (Å²) in [6.45, 7) is 6.61. The van der Waals surface area contributed by atoms with Crippen molar-refractivity contribution >= 4 is 22.4 Å². The van der Waals surface area contributed by atoms with E-state index in [1.165, 1.54) is 25.9 Å². The number of aryl methyl sites for hydroxylation is 1. The topological polar surface area (TPSA) is 40.6 Å². The number of likely N-dealkylation sites (tertiary alicyclic amines) is 1. The van der Waals surface area contributed by atoms with Crippen molar-refractivity contribution in [2.45, 2.75) is 62.9 Å². The van der Waals surface area contributed by atoms with E-state index >= 15 is 0 Å². The van der Waals surface area contributed by atoms with E-state index in [1.807, 2.05) is 19.1 Å². The number of nitrogens with zero attached hydrogens (tertiary/aromatic N) is 2. The smallest absolute Gasteiger partial charge is 0.243 e. The molecule has 1 aromatic carbocycles. The summed E-state index contributed by atoms with van der Waals surface area (Å²) in [6, 6.07) is 7.91. The first-order chi connectivity index (χ1) is 11.4. The molecule has 0 radical (unpaired) electrons. The maximum Gasteiger partial charge on any atom is 0.243 e. The molecule has 1 saturated heterocycles. The molecule has 1 aliphatic heterocycles. The predicted octanol–water partition coefficient (Wildman–Crippen LogP) is 3.69. The van der Waals surface area contributed by atoms with Crippen LogP contribution in [0, 0.1) is 12.8 Å². The summed E-state index contributed by atoms with van der Waals surface area (Å²) < 4.78 is 27.4. The van der Waals surface area contributed by atoms with E-state index in [1.54, 1.807) is 23.5 Å². The molecular weight excluding hydrogens is 356 g/mol. The van der Waals surface area contributed by atoms with Crippen LogP contribution in [0.25, 0.3) is 0 Å². The Hall–Kier alpha value is -0.620. The Morgan fingerprint density at radius 2 is 1.80 bits per heavy atom. The molecule has 0 bridgehead atoms. The van der Waals surface area contributed by atoms with E-state index in [0.29, 0.717) is 10.9 Å². The van der Waals surface area contributed by atoms with Gasteiger partial charge in [0.2, 0.25) is 10.0 Å². The van der Waals surface area contributed by atoms with Crippen LogP contribution >= 0.6 is 12.4 Å². The molecule has 2 atom stereocenters. The van der Waals surface area contributed by atoms with Gasteiger partial charge in [0.1, 0.15) is 0 Å². The lowest BCUT2D eigenvalue weighted by atomic mass is 9.97. The van der Waals surface area contributed by atoms with Gasteiger partial charge in [0.25, 0.3) is 0 Å². The zero-order valence-corrected chi connectivity index (χ0v) is 17.2. The zero-order valence-electron chi connectivity index (χ0n) is 15.5. The van der Waals surface area contributed by atoms with Crippen molar-refractivity contribution in [3.05, 3.63) is 29.8 Å². The second-order valence-electron chi connectivity index (χ2n) is 7.68. The van der Waals surface area contributed by atoms with Crippen molar-refractivity contribution in [3.63, 3.8) is 0 Å². The number of hydrogen-bond acceptors (Lipinski definition) is 3. The molecule has 1 aromatic rings. The summed E-state index contributed by atoms with van der Waals surface area (Å²) in [5, 5.41) is 0. The monoisotopic (exact) mass is 386 g/mol. The first kappa shape index (κ1) is 20.7. The van der Waals surface area contributed by atoms with Crippen LogP contribution in [0.4, 0.5) is 0 Å². The highest BCUT2D eigenvalue weighted by Gasteiger charge is 2.36. The molecule has 3 rings (SSSR count). The van der Waals surface area contributed by atoms with Crippen LogP contribution in [0.3, 0.4) is 0 Å². The van der Waals surface area contributed by atoms with Gasteiger partial charge in [-0.1, -0.05) is 19.1 Å². The maximum absolute atomic E-state index is 12.9. The number of rotatable bonds is 4. The lowest BCUT2D eigenvalue weighted by Gasteiger charge is -2.35. The molecule has 0 spiro atoms. The average molecular weight is 387 g/mol. The third-order valence-corrected chi connectivity index (χ3v) is 7.80. The molecule has 4 nitrogen and oxygen atoms in total. The molecule has 1 saturated carbocycles. The van der Waals surface area contributed by atoms with Crippen molar-refractivity contribution < 1.29 is 8.42 Å². The molecule has 0 unspecified atom stereocenters. The Labute approximate surface area is 159 Å². The van der Waals surface area contributed by atoms with E-state index in [9.17, 15) is 8.42 Å². The van der Waals surface area contributed by atoms with Gasteiger partial charge >= 0.3 is 0 Å². The first-order valence-electron chi connectivity index (χ1n) is 9.16. The summed E-state index contributed by atoms with van der Waals surface area (Å²) in [7, 11) is -1.64. The predicted molar refractivity (Wildman–Crippen MR) is 105 cm³/mol. The van der Waals surface area contributed by atoms with Crippen LogP contribution < -0.4 is 0 Å². The minimum absolute atomic E-state index is 0. The molecule has 1 heterocycles. The molecule has 2 aliphatic rings. The van der Waals surface area contributed by atoms with Crippen LogP contribution in [-0.4, -0.2) is 49.8 Å². The molecule has 0 amide bonds. The number of sulfonamides is 1. The largest absolute Gasteiger partial charge is 0.300 e. The van der Waals surface area contributed by atoms with Crippen LogP contribution in [0.15, 0.2) is 29.2 Å². The fraction of sp³-hybridized carbons (Fsp3) is 0.684. The second-order valence-corrected chi connectivity index (χ2v) is 9.67. The number of halogens is 1. The molecule has 1 aliphatic carbocycles. The van der Waals surface area contributed by atoms with Crippen molar-refractivity contribution in [1.82, 2.24) is 9.21 Å². The molecule has 0 N–H and O–H groups in total. The third kappa shape index (κ3) is 4.57. The number of piperidine rings is 1. The summed E-state index contributed by atoms with van der Waals surface area (Å²) in [5.74, 6) is 0.836. The van der Waals surface area contributed by atoms with Gasteiger partial charge in [-0.25, -0.2) is 8.42 Å². The Kier molecular flexibility index (Phi) is 6.94. The van der Waals surface area contributed by atoms with E-state index in [4.69, 9.17) is 0 Å². The Morgan fingerprint density at radius 1 is 1.12 bits per heavy atom. The minimum atomic E-state index is -3.39. The molecule has 142 valence electrons. The van der Waals surface area contributed by atoms with Crippen molar-refractivity contribution in [1.29, 1.82) is 0 Å². The van der Waals surface area contributed by atoms with Crippen LogP contribution in [0.1, 0.15) is 44.6 Å². The Bertz CT molecular complexity index is 672. The van der Waals surface area contributed by atoms with Gasteiger partial charge in [-0.05, 0) is 75.7 Å². The first-order valence-corrected chi connectivity index (χ1v) is 10.6. The molecule has 25 heavy (non-hydrogen) atoms. The molecule has 2 fully saturated rings. The normalized spacial score (nSPS) is 25.9. The minimum Gasteiger partial charge on any atom is -0.300 e. The highest BCUT2D eigenvalue weighted by atomic mass is 35.5. The van der Waals surface area contributed by atoms with E-state index in [2.05, 4.69) is 11.8 Å². The van der Waals surface area contributed by atoms with Gasteiger partial charge in [0, 0.05) is 19.1 Å². The van der Waals surface area contributed by atoms with Crippen LogP contribution in [-0.2, 0) is 10.0 Å². The lowest BCUT2D eigenvalue weighted by molar-refractivity contribution is 0.136. The molecule has 0 aromatic heterocycles. The van der Waals surface area contributed by atoms with Gasteiger partial charge in [-0.2, -0.15) is 4.31 Å². The van der Waals surface area contributed by atoms with Gasteiger partial charge in [0.05, 0.1) is 4.90 Å². The van der Waals surface area contributed by atoms with Crippen molar-refractivity contribution in [2.75, 3.05) is 20.1 Å². The summed E-state index contributed by atoms with van der Waals surface area (Å²) in [4.78, 5) is 3.01. The lowest BCUT2D eigenvalue weighted by Crippen LogP contribution is -2.41. The summed E-state index contributed by atoms with van der Waals surface area (Å²) in [5.41, 5.74) is 0.983. The van der Waals surface area contributed by atoms with Gasteiger partial charge in [-0.15, -0.1) is 12.4 Å². The van der Waals surface area contributed by atoms with E-state index < -0.39 is 10.0 Å². The van der Waals surface area contributed by atoms with Crippen molar-refractivity contribution in [2.24, 2.45) is 5.92 Å². The highest BCUT2D eigenvalue weighted by molar-refractivity contribution is 7.89. The quantitative estimate of drug-likeness (QED) is 0.792. The second kappa shape index (κ2) is 8.38. The maximum atomic E-state index is 12.9. The summed E-state index contributed by atoms with van der Waals surface area (Å²) >= 11 is 0. The standard InChI is InChI=1S/C19H30N2O2S.ClH/c1-15-9-11-21(12-10-15)18-8-7-17(14-18)20(3)24(22,23)19-6-4-5-16(2)13-19;/h4-6,13,15,17-18H,7-12,14H2,1-3H3;1H/t17-,18+;/m1./s1. The SMILES string of the molecule is Cc1cccc(S(=O)(=O)N(C)[C@@H]2CC[C@H](N3CCC(C)CC3)C2)c1.Cl. The van der Waals surface area contributed by atoms with E-state index in [-0.39, 0.29) is 18.4 Å². The Morgan fingerprint density at radius 3 is 2.44 bits per heavy atom. The molecular formula is C19H31ClN2O2S. The zero-order chi connectivity index (χ0) is 17.3. The third-order valence-electron chi connectivity index (χ3n) is 5.89. The number of benzene rings is 1. The van der Waals surface area contributed by atoms with Gasteiger partial charge in [-0.3, -0.25) is 0 Å². The Balaban J connectivity index is 0.00000225. The number of hydrogen-bond donors (Lipinski definition) is 0. The van der Waals surface area contributed by atoms with Crippen LogP contribution in [0.5, 0.6) is 0 Å². The summed E-state index contributed by atoms with van der Waals surface area (Å²) in [6.07, 6.45) is 5.61. The molecule has 6 heteroatoms. The highest BCUT2D eigenvalue weighted by Crippen LogP contribution is 2.32. The van der Waals surface area contributed by atoms with Crippen LogP contribution in [0.2, 0.25) is 0 Å².